The fourth-order valence-corrected chi connectivity index (χ4v) is 1.84. The molecule has 0 aliphatic carbocycles. The zero-order valence-corrected chi connectivity index (χ0v) is 13.8. The molecule has 4 nitrogen and oxygen atoms in total. The first-order chi connectivity index (χ1) is 9.99. The molecular weight excluding hydrogens is 292 g/mol. The lowest BCUT2D eigenvalue weighted by atomic mass is 10.2. The number of hydrogen-bond donors (Lipinski definition) is 0. The summed E-state index contributed by atoms with van der Waals surface area (Å²) < 4.78 is 16.4. The van der Waals surface area contributed by atoms with Crippen LogP contribution in [0, 0.1) is 0 Å². The molecule has 118 valence electrons. The van der Waals surface area contributed by atoms with Crippen LogP contribution in [0.4, 0.5) is 0 Å². The van der Waals surface area contributed by atoms with Gasteiger partial charge in [0.1, 0.15) is 17.1 Å². The van der Waals surface area contributed by atoms with Crippen molar-refractivity contribution in [2.45, 2.75) is 46.6 Å². The quantitative estimate of drug-likeness (QED) is 0.663. The minimum Gasteiger partial charge on any atom is -0.493 e. The average Bonchev–Trinajstić information content (AvgIpc) is 2.43. The summed E-state index contributed by atoms with van der Waals surface area (Å²) >= 11 is 6.16. The molecule has 0 spiro atoms. The zero-order chi connectivity index (χ0) is 15.8. The first-order valence-electron chi connectivity index (χ1n) is 7.29. The van der Waals surface area contributed by atoms with Crippen LogP contribution >= 0.6 is 11.6 Å². The van der Waals surface area contributed by atoms with E-state index in [4.69, 9.17) is 25.8 Å². The lowest BCUT2D eigenvalue weighted by Gasteiger charge is -2.15. The summed E-state index contributed by atoms with van der Waals surface area (Å²) in [4.78, 5) is 12.1. The van der Waals surface area contributed by atoms with Gasteiger partial charge in [-0.2, -0.15) is 0 Å². The molecule has 21 heavy (non-hydrogen) atoms. The van der Waals surface area contributed by atoms with Crippen molar-refractivity contribution in [1.82, 2.24) is 0 Å². The van der Waals surface area contributed by atoms with Gasteiger partial charge in [0.15, 0.2) is 0 Å². The third kappa shape index (κ3) is 5.46. The molecule has 0 aliphatic rings. The van der Waals surface area contributed by atoms with Crippen LogP contribution in [0.5, 0.6) is 11.5 Å². The van der Waals surface area contributed by atoms with Crippen LogP contribution in [0.25, 0.3) is 0 Å². The molecule has 0 aromatic heterocycles. The summed E-state index contributed by atoms with van der Waals surface area (Å²) in [6.07, 6.45) is 1.51. The first kappa shape index (κ1) is 17.6. The summed E-state index contributed by atoms with van der Waals surface area (Å²) in [5.41, 5.74) is 0.325. The number of ether oxygens (including phenoxy) is 3. The van der Waals surface area contributed by atoms with Crippen LogP contribution in [-0.4, -0.2) is 25.3 Å². The minimum absolute atomic E-state index is 0.202. The lowest BCUT2D eigenvalue weighted by molar-refractivity contribution is 0.0373. The number of carbonyl (C=O) groups is 1. The summed E-state index contributed by atoms with van der Waals surface area (Å²) in [6.45, 7) is 8.67. The highest BCUT2D eigenvalue weighted by Crippen LogP contribution is 2.33. The van der Waals surface area contributed by atoms with E-state index in [-0.39, 0.29) is 6.10 Å². The molecule has 0 saturated carbocycles. The minimum atomic E-state index is -0.444. The highest BCUT2D eigenvalue weighted by molar-refractivity contribution is 6.32. The van der Waals surface area contributed by atoms with E-state index in [9.17, 15) is 4.79 Å². The molecule has 0 unspecified atom stereocenters. The number of esters is 1. The SMILES string of the molecule is CCCOc1cc(OCCC)c(C(=O)OC(C)C)cc1Cl. The molecule has 0 saturated heterocycles. The Hall–Kier alpha value is -1.42. The van der Waals surface area contributed by atoms with Gasteiger partial charge >= 0.3 is 5.97 Å². The van der Waals surface area contributed by atoms with Gasteiger partial charge in [-0.15, -0.1) is 0 Å². The highest BCUT2D eigenvalue weighted by atomic mass is 35.5. The second-order valence-electron chi connectivity index (χ2n) is 4.93. The second-order valence-corrected chi connectivity index (χ2v) is 5.34. The number of hydrogen-bond acceptors (Lipinski definition) is 4. The monoisotopic (exact) mass is 314 g/mol. The van der Waals surface area contributed by atoms with E-state index in [0.29, 0.717) is 35.3 Å². The molecule has 0 bridgehead atoms. The Balaban J connectivity index is 3.08. The standard InChI is InChI=1S/C16H23ClO4/c1-5-7-19-14-10-15(20-8-6-2)13(17)9-12(14)16(18)21-11(3)4/h9-11H,5-8H2,1-4H3. The average molecular weight is 315 g/mol. The molecule has 0 aliphatic heterocycles. The molecule has 0 heterocycles. The maximum absolute atomic E-state index is 12.1. The first-order valence-corrected chi connectivity index (χ1v) is 7.67. The Kier molecular flexibility index (Phi) is 7.37. The van der Waals surface area contributed by atoms with E-state index in [0.717, 1.165) is 12.8 Å². The third-order valence-electron chi connectivity index (χ3n) is 2.52. The van der Waals surface area contributed by atoms with E-state index >= 15 is 0 Å². The van der Waals surface area contributed by atoms with Crippen molar-refractivity contribution in [3.8, 4) is 11.5 Å². The van der Waals surface area contributed by atoms with Gasteiger partial charge in [0.25, 0.3) is 0 Å². The Labute approximate surface area is 131 Å². The molecular formula is C16H23ClO4. The topological polar surface area (TPSA) is 44.8 Å². The van der Waals surface area contributed by atoms with Gasteiger partial charge in [-0.1, -0.05) is 25.4 Å². The van der Waals surface area contributed by atoms with Gasteiger partial charge in [-0.25, -0.2) is 4.79 Å². The third-order valence-corrected chi connectivity index (χ3v) is 2.82. The second kappa shape index (κ2) is 8.78. The maximum atomic E-state index is 12.1. The highest BCUT2D eigenvalue weighted by Gasteiger charge is 2.19. The molecule has 0 fully saturated rings. The summed E-state index contributed by atoms with van der Waals surface area (Å²) in [5, 5.41) is 0.378. The van der Waals surface area contributed by atoms with Crippen molar-refractivity contribution in [3.05, 3.63) is 22.7 Å². The van der Waals surface area contributed by atoms with Gasteiger partial charge in [0.05, 0.1) is 24.3 Å². The van der Waals surface area contributed by atoms with Crippen LogP contribution in [0.1, 0.15) is 50.9 Å². The molecule has 0 radical (unpaired) electrons. The Bertz CT molecular complexity index is 472. The zero-order valence-electron chi connectivity index (χ0n) is 13.1. The number of carbonyl (C=O) groups excluding carboxylic acids is 1. The van der Waals surface area contributed by atoms with E-state index in [2.05, 4.69) is 0 Å². The molecule has 1 aromatic carbocycles. The van der Waals surface area contributed by atoms with E-state index in [1.165, 1.54) is 0 Å². The van der Waals surface area contributed by atoms with Gasteiger partial charge < -0.3 is 14.2 Å². The van der Waals surface area contributed by atoms with Crippen molar-refractivity contribution in [2.75, 3.05) is 13.2 Å². The van der Waals surface area contributed by atoms with Crippen molar-refractivity contribution < 1.29 is 19.0 Å². The Morgan fingerprint density at radius 1 is 1.10 bits per heavy atom. The van der Waals surface area contributed by atoms with E-state index < -0.39 is 5.97 Å². The fraction of sp³-hybridized carbons (Fsp3) is 0.562. The van der Waals surface area contributed by atoms with Crippen LogP contribution in [0.2, 0.25) is 5.02 Å². The van der Waals surface area contributed by atoms with Crippen molar-refractivity contribution >= 4 is 17.6 Å². The van der Waals surface area contributed by atoms with Crippen LogP contribution < -0.4 is 9.47 Å². The molecule has 5 heteroatoms. The normalized spacial score (nSPS) is 10.6. The van der Waals surface area contributed by atoms with Crippen LogP contribution in [0.3, 0.4) is 0 Å². The molecule has 0 amide bonds. The summed E-state index contributed by atoms with van der Waals surface area (Å²) in [7, 11) is 0. The predicted molar refractivity (Wildman–Crippen MR) is 83.6 cm³/mol. The van der Waals surface area contributed by atoms with E-state index in [1.807, 2.05) is 13.8 Å². The van der Waals surface area contributed by atoms with E-state index in [1.54, 1.807) is 26.0 Å². The fourth-order valence-electron chi connectivity index (χ4n) is 1.63. The Morgan fingerprint density at radius 2 is 1.67 bits per heavy atom. The Morgan fingerprint density at radius 3 is 2.19 bits per heavy atom. The maximum Gasteiger partial charge on any atom is 0.342 e. The lowest BCUT2D eigenvalue weighted by Crippen LogP contribution is -2.13. The van der Waals surface area contributed by atoms with Crippen molar-refractivity contribution in [3.63, 3.8) is 0 Å². The van der Waals surface area contributed by atoms with Crippen molar-refractivity contribution in [1.29, 1.82) is 0 Å². The van der Waals surface area contributed by atoms with Gasteiger partial charge in [-0.05, 0) is 32.8 Å². The molecule has 1 aromatic rings. The number of benzene rings is 1. The largest absolute Gasteiger partial charge is 0.493 e. The van der Waals surface area contributed by atoms with Gasteiger partial charge in [0, 0.05) is 6.07 Å². The van der Waals surface area contributed by atoms with Crippen molar-refractivity contribution in [2.24, 2.45) is 0 Å². The van der Waals surface area contributed by atoms with Crippen LogP contribution in [0.15, 0.2) is 12.1 Å². The van der Waals surface area contributed by atoms with Crippen LogP contribution in [-0.2, 0) is 4.74 Å². The summed E-state index contributed by atoms with van der Waals surface area (Å²) in [6, 6.07) is 3.20. The molecule has 1 rings (SSSR count). The smallest absolute Gasteiger partial charge is 0.342 e. The molecule has 0 atom stereocenters. The number of rotatable bonds is 8. The number of halogens is 1. The summed E-state index contributed by atoms with van der Waals surface area (Å²) in [5.74, 6) is 0.517. The van der Waals surface area contributed by atoms with Gasteiger partial charge in [0.2, 0.25) is 0 Å². The van der Waals surface area contributed by atoms with Gasteiger partial charge in [-0.3, -0.25) is 0 Å². The molecule has 0 N–H and O–H groups in total. The predicted octanol–water partition coefficient (Wildman–Crippen LogP) is 4.48.